The lowest BCUT2D eigenvalue weighted by atomic mass is 10.2. The van der Waals surface area contributed by atoms with Gasteiger partial charge in [0.25, 0.3) is 5.69 Å². The van der Waals surface area contributed by atoms with Gasteiger partial charge in [0.1, 0.15) is 5.75 Å². The average Bonchev–Trinajstić information content (AvgIpc) is 2.84. The summed E-state index contributed by atoms with van der Waals surface area (Å²) in [5, 5.41) is 15.2. The molecular formula is C24H17N5O4S. The number of pyridine rings is 1. The predicted octanol–water partition coefficient (Wildman–Crippen LogP) is 4.80. The van der Waals surface area contributed by atoms with Crippen LogP contribution >= 0.6 is 0 Å². The van der Waals surface area contributed by atoms with Gasteiger partial charge in [-0.3, -0.25) is 15.1 Å². The zero-order valence-corrected chi connectivity index (χ0v) is 18.4. The van der Waals surface area contributed by atoms with Crippen molar-refractivity contribution in [3.05, 3.63) is 101 Å². The number of anilines is 2. The number of non-ortho nitro benzene ring substituents is 1. The Labute approximate surface area is 194 Å². The standard InChI is InChI=1S/C24H17N5O4S/c30-29(31)18-6-3-7-19(14-18)34(32,33)15-23-24(28-22-9-2-1-8-21(22)27-23)26-17-10-11-20-16(13-17)5-4-12-25-20/h1-14H,15H2,(H,26,28). The first kappa shape index (κ1) is 21.4. The summed E-state index contributed by atoms with van der Waals surface area (Å²) in [5.41, 5.74) is 2.57. The first-order chi connectivity index (χ1) is 16.4. The van der Waals surface area contributed by atoms with E-state index in [1.165, 1.54) is 18.2 Å². The third-order valence-corrected chi connectivity index (χ3v) is 6.85. The second kappa shape index (κ2) is 8.49. The van der Waals surface area contributed by atoms with E-state index in [0.29, 0.717) is 16.7 Å². The molecule has 0 aliphatic carbocycles. The van der Waals surface area contributed by atoms with Gasteiger partial charge in [-0.05, 0) is 42.5 Å². The van der Waals surface area contributed by atoms with Crippen molar-refractivity contribution in [2.24, 2.45) is 0 Å². The molecule has 168 valence electrons. The van der Waals surface area contributed by atoms with Crippen LogP contribution in [-0.2, 0) is 15.6 Å². The van der Waals surface area contributed by atoms with E-state index in [1.807, 2.05) is 36.4 Å². The highest BCUT2D eigenvalue weighted by atomic mass is 32.2. The van der Waals surface area contributed by atoms with E-state index in [-0.39, 0.29) is 22.1 Å². The molecule has 2 heterocycles. The van der Waals surface area contributed by atoms with Gasteiger partial charge in [0.15, 0.2) is 15.7 Å². The van der Waals surface area contributed by atoms with Crippen LogP contribution in [0.15, 0.2) is 90.0 Å². The van der Waals surface area contributed by atoms with Crippen LogP contribution in [0.3, 0.4) is 0 Å². The maximum Gasteiger partial charge on any atom is 0.270 e. The molecule has 0 aliphatic heterocycles. The van der Waals surface area contributed by atoms with Gasteiger partial charge in [-0.1, -0.05) is 24.3 Å². The minimum absolute atomic E-state index is 0.153. The van der Waals surface area contributed by atoms with E-state index in [0.717, 1.165) is 17.0 Å². The van der Waals surface area contributed by atoms with Crippen LogP contribution in [0.5, 0.6) is 0 Å². The van der Waals surface area contributed by atoms with Crippen LogP contribution < -0.4 is 5.32 Å². The molecule has 0 saturated heterocycles. The second-order valence-corrected chi connectivity index (χ2v) is 9.55. The normalized spacial score (nSPS) is 11.5. The maximum atomic E-state index is 13.2. The van der Waals surface area contributed by atoms with Gasteiger partial charge in [-0.15, -0.1) is 0 Å². The van der Waals surface area contributed by atoms with E-state index in [2.05, 4.69) is 20.3 Å². The smallest absolute Gasteiger partial charge is 0.270 e. The predicted molar refractivity (Wildman–Crippen MR) is 129 cm³/mol. The highest BCUT2D eigenvalue weighted by molar-refractivity contribution is 7.90. The molecule has 5 rings (SSSR count). The van der Waals surface area contributed by atoms with Gasteiger partial charge in [-0.25, -0.2) is 18.4 Å². The quantitative estimate of drug-likeness (QED) is 0.276. The van der Waals surface area contributed by atoms with Gasteiger partial charge in [0, 0.05) is 29.4 Å². The number of nitro benzene ring substituents is 1. The summed E-state index contributed by atoms with van der Waals surface area (Å²) in [7, 11) is -3.94. The third kappa shape index (κ3) is 4.26. The van der Waals surface area contributed by atoms with Crippen molar-refractivity contribution in [3.8, 4) is 0 Å². The second-order valence-electron chi connectivity index (χ2n) is 7.56. The van der Waals surface area contributed by atoms with Gasteiger partial charge in [-0.2, -0.15) is 0 Å². The zero-order chi connectivity index (χ0) is 23.7. The minimum Gasteiger partial charge on any atom is -0.339 e. The fourth-order valence-corrected chi connectivity index (χ4v) is 4.90. The number of sulfone groups is 1. The van der Waals surface area contributed by atoms with Crippen molar-refractivity contribution < 1.29 is 13.3 Å². The number of para-hydroxylation sites is 2. The molecule has 0 radical (unpaired) electrons. The molecule has 0 spiro atoms. The molecule has 0 saturated carbocycles. The number of hydrogen-bond acceptors (Lipinski definition) is 8. The Morgan fingerprint density at radius 3 is 2.44 bits per heavy atom. The van der Waals surface area contributed by atoms with E-state index in [1.54, 1.807) is 24.4 Å². The zero-order valence-electron chi connectivity index (χ0n) is 17.6. The van der Waals surface area contributed by atoms with Gasteiger partial charge in [0.05, 0.1) is 32.1 Å². The highest BCUT2D eigenvalue weighted by Crippen LogP contribution is 2.27. The summed E-state index contributed by atoms with van der Waals surface area (Å²) >= 11 is 0. The Hall–Kier alpha value is -4.44. The van der Waals surface area contributed by atoms with Crippen LogP contribution in [0.25, 0.3) is 21.9 Å². The monoisotopic (exact) mass is 471 g/mol. The number of nitrogens with zero attached hydrogens (tertiary/aromatic N) is 4. The SMILES string of the molecule is O=[N+]([O-])c1cccc(S(=O)(=O)Cc2nc3ccccc3nc2Nc2ccc3ncccc3c2)c1. The summed E-state index contributed by atoms with van der Waals surface area (Å²) in [6, 6.07) is 21.4. The van der Waals surface area contributed by atoms with E-state index < -0.39 is 20.5 Å². The largest absolute Gasteiger partial charge is 0.339 e. The number of benzene rings is 3. The van der Waals surface area contributed by atoms with Crippen molar-refractivity contribution in [3.63, 3.8) is 0 Å². The molecule has 9 nitrogen and oxygen atoms in total. The number of rotatable bonds is 6. The van der Waals surface area contributed by atoms with Gasteiger partial charge in [0.2, 0.25) is 0 Å². The lowest BCUT2D eigenvalue weighted by molar-refractivity contribution is -0.385. The minimum atomic E-state index is -3.94. The molecule has 1 N–H and O–H groups in total. The van der Waals surface area contributed by atoms with Gasteiger partial charge >= 0.3 is 0 Å². The molecule has 0 amide bonds. The molecule has 34 heavy (non-hydrogen) atoms. The van der Waals surface area contributed by atoms with E-state index in [4.69, 9.17) is 0 Å². The molecule has 0 atom stereocenters. The summed E-state index contributed by atoms with van der Waals surface area (Å²) in [5.74, 6) is -0.195. The number of fused-ring (bicyclic) bond motifs is 2. The lowest BCUT2D eigenvalue weighted by Crippen LogP contribution is -2.10. The van der Waals surface area contributed by atoms with Crippen molar-refractivity contribution in [2.75, 3.05) is 5.32 Å². The van der Waals surface area contributed by atoms with E-state index >= 15 is 0 Å². The molecule has 2 aromatic heterocycles. The van der Waals surface area contributed by atoms with E-state index in [9.17, 15) is 18.5 Å². The molecule has 3 aromatic carbocycles. The molecule has 5 aromatic rings. The summed E-state index contributed by atoms with van der Waals surface area (Å²) < 4.78 is 26.3. The van der Waals surface area contributed by atoms with Crippen LogP contribution in [-0.4, -0.2) is 28.3 Å². The summed E-state index contributed by atoms with van der Waals surface area (Å²) in [6.45, 7) is 0. The van der Waals surface area contributed by atoms with Gasteiger partial charge < -0.3 is 5.32 Å². The molecular weight excluding hydrogens is 454 g/mol. The lowest BCUT2D eigenvalue weighted by Gasteiger charge is -2.13. The van der Waals surface area contributed by atoms with Crippen molar-refractivity contribution in [1.29, 1.82) is 0 Å². The summed E-state index contributed by atoms with van der Waals surface area (Å²) in [4.78, 5) is 23.8. The Morgan fingerprint density at radius 2 is 1.65 bits per heavy atom. The average molecular weight is 471 g/mol. The fourth-order valence-electron chi connectivity index (χ4n) is 3.58. The maximum absolute atomic E-state index is 13.2. The Morgan fingerprint density at radius 1 is 0.853 bits per heavy atom. The van der Waals surface area contributed by atoms with Crippen LogP contribution in [0, 0.1) is 10.1 Å². The molecule has 10 heteroatoms. The van der Waals surface area contributed by atoms with Crippen LogP contribution in [0.4, 0.5) is 17.2 Å². The van der Waals surface area contributed by atoms with Crippen molar-refractivity contribution in [1.82, 2.24) is 15.0 Å². The Bertz CT molecular complexity index is 1670. The van der Waals surface area contributed by atoms with Crippen LogP contribution in [0.1, 0.15) is 5.69 Å². The fraction of sp³-hybridized carbons (Fsp3) is 0.0417. The number of nitrogens with one attached hydrogen (secondary N) is 1. The topological polar surface area (TPSA) is 128 Å². The molecule has 0 aliphatic rings. The first-order valence-corrected chi connectivity index (χ1v) is 11.9. The Balaban J connectivity index is 1.57. The van der Waals surface area contributed by atoms with Crippen molar-refractivity contribution >= 4 is 49.0 Å². The number of hydrogen-bond donors (Lipinski definition) is 1. The number of aromatic nitrogens is 3. The van der Waals surface area contributed by atoms with Crippen molar-refractivity contribution in [2.45, 2.75) is 10.6 Å². The Kier molecular flexibility index (Phi) is 5.34. The highest BCUT2D eigenvalue weighted by Gasteiger charge is 2.22. The molecule has 0 fully saturated rings. The third-order valence-electron chi connectivity index (χ3n) is 5.22. The molecule has 0 unspecified atom stereocenters. The summed E-state index contributed by atoms with van der Waals surface area (Å²) in [6.07, 6.45) is 1.71. The number of nitro groups is 1. The first-order valence-electron chi connectivity index (χ1n) is 10.2. The van der Waals surface area contributed by atoms with Crippen LogP contribution in [0.2, 0.25) is 0 Å². The molecule has 0 bridgehead atoms.